The van der Waals surface area contributed by atoms with Gasteiger partial charge in [-0.3, -0.25) is 4.79 Å². The lowest BCUT2D eigenvalue weighted by Crippen LogP contribution is -2.32. The number of rotatable bonds is 4. The number of aromatic hydroxyl groups is 1. The lowest BCUT2D eigenvalue weighted by molar-refractivity contribution is -0.138. The van der Waals surface area contributed by atoms with Crippen LogP contribution in [0.25, 0.3) is 11.4 Å². The monoisotopic (exact) mass is 247 g/mol. The fourth-order valence-electron chi connectivity index (χ4n) is 1.55. The van der Waals surface area contributed by atoms with Crippen LogP contribution in [0.5, 0.6) is 5.75 Å². The van der Waals surface area contributed by atoms with Gasteiger partial charge in [0.2, 0.25) is 0 Å². The standard InChI is InChI=1S/C12H13N3O3/c13-10(12(17)18)5-8-6-14-11(15-8)7-1-3-9(16)4-2-7/h1-4,6,10,16H,5,13H2,(H,14,15)(H,17,18). The van der Waals surface area contributed by atoms with Crippen LogP contribution in [0.1, 0.15) is 5.69 Å². The first-order chi connectivity index (χ1) is 8.56. The number of carboxylic acids is 1. The summed E-state index contributed by atoms with van der Waals surface area (Å²) in [7, 11) is 0. The molecule has 94 valence electrons. The maximum Gasteiger partial charge on any atom is 0.320 e. The SMILES string of the molecule is NC(Cc1cnc(-c2ccc(O)cc2)[nH]1)C(=O)O. The molecule has 1 atom stereocenters. The van der Waals surface area contributed by atoms with Crippen molar-refractivity contribution in [2.24, 2.45) is 5.73 Å². The zero-order valence-electron chi connectivity index (χ0n) is 9.50. The van der Waals surface area contributed by atoms with Crippen molar-refractivity contribution in [2.75, 3.05) is 0 Å². The average Bonchev–Trinajstić information content (AvgIpc) is 2.78. The third kappa shape index (κ3) is 2.67. The number of carboxylic acid groups (broad SMARTS) is 1. The van der Waals surface area contributed by atoms with E-state index in [-0.39, 0.29) is 12.2 Å². The smallest absolute Gasteiger partial charge is 0.320 e. The van der Waals surface area contributed by atoms with Gasteiger partial charge in [-0.05, 0) is 24.3 Å². The first-order valence-corrected chi connectivity index (χ1v) is 5.38. The van der Waals surface area contributed by atoms with Gasteiger partial charge in [-0.25, -0.2) is 4.98 Å². The molecule has 0 saturated carbocycles. The van der Waals surface area contributed by atoms with E-state index in [1.807, 2.05) is 0 Å². The number of phenols is 1. The van der Waals surface area contributed by atoms with Crippen LogP contribution >= 0.6 is 0 Å². The molecule has 0 radical (unpaired) electrons. The number of carbonyl (C=O) groups is 1. The number of hydrogen-bond donors (Lipinski definition) is 4. The van der Waals surface area contributed by atoms with E-state index in [0.29, 0.717) is 11.5 Å². The Labute approximate surface area is 103 Å². The van der Waals surface area contributed by atoms with Gasteiger partial charge in [0, 0.05) is 23.9 Å². The molecule has 1 aromatic carbocycles. The summed E-state index contributed by atoms with van der Waals surface area (Å²) in [5.74, 6) is -0.253. The van der Waals surface area contributed by atoms with Gasteiger partial charge in [0.25, 0.3) is 0 Å². The van der Waals surface area contributed by atoms with Gasteiger partial charge in [-0.1, -0.05) is 0 Å². The Kier molecular flexibility index (Phi) is 3.29. The molecule has 0 amide bonds. The number of aromatic amines is 1. The molecule has 2 rings (SSSR count). The maximum absolute atomic E-state index is 10.6. The van der Waals surface area contributed by atoms with Crippen LogP contribution < -0.4 is 5.73 Å². The number of imidazole rings is 1. The fraction of sp³-hybridized carbons (Fsp3) is 0.167. The summed E-state index contributed by atoms with van der Waals surface area (Å²) >= 11 is 0. The van der Waals surface area contributed by atoms with Crippen LogP contribution in [0.2, 0.25) is 0 Å². The van der Waals surface area contributed by atoms with Gasteiger partial charge in [-0.15, -0.1) is 0 Å². The van der Waals surface area contributed by atoms with E-state index in [1.165, 1.54) is 0 Å². The first kappa shape index (κ1) is 12.1. The lowest BCUT2D eigenvalue weighted by atomic mass is 10.2. The molecule has 18 heavy (non-hydrogen) atoms. The van der Waals surface area contributed by atoms with Crippen molar-refractivity contribution in [1.82, 2.24) is 9.97 Å². The van der Waals surface area contributed by atoms with Crippen molar-refractivity contribution in [2.45, 2.75) is 12.5 Å². The normalized spacial score (nSPS) is 12.3. The van der Waals surface area contributed by atoms with E-state index < -0.39 is 12.0 Å². The number of nitrogens with one attached hydrogen (secondary N) is 1. The number of aromatic nitrogens is 2. The highest BCUT2D eigenvalue weighted by molar-refractivity contribution is 5.73. The van der Waals surface area contributed by atoms with Gasteiger partial charge in [0.15, 0.2) is 0 Å². The number of benzene rings is 1. The molecule has 0 spiro atoms. The second-order valence-electron chi connectivity index (χ2n) is 3.95. The van der Waals surface area contributed by atoms with Crippen LogP contribution in [-0.2, 0) is 11.2 Å². The van der Waals surface area contributed by atoms with Crippen LogP contribution in [0.4, 0.5) is 0 Å². The molecule has 6 nitrogen and oxygen atoms in total. The molecule has 1 aromatic heterocycles. The molecule has 6 heteroatoms. The molecule has 0 aliphatic heterocycles. The molecule has 2 aromatic rings. The van der Waals surface area contributed by atoms with E-state index in [1.54, 1.807) is 30.5 Å². The third-order valence-corrected chi connectivity index (χ3v) is 2.53. The number of H-pyrrole nitrogens is 1. The van der Waals surface area contributed by atoms with Gasteiger partial charge < -0.3 is 20.9 Å². The van der Waals surface area contributed by atoms with E-state index >= 15 is 0 Å². The van der Waals surface area contributed by atoms with Crippen molar-refractivity contribution in [3.05, 3.63) is 36.2 Å². The molecule has 0 aliphatic rings. The van der Waals surface area contributed by atoms with Crippen LogP contribution in [0.15, 0.2) is 30.5 Å². The van der Waals surface area contributed by atoms with Gasteiger partial charge in [0.05, 0.1) is 0 Å². The maximum atomic E-state index is 10.6. The van der Waals surface area contributed by atoms with Crippen LogP contribution in [0, 0.1) is 0 Å². The van der Waals surface area contributed by atoms with Crippen molar-refractivity contribution < 1.29 is 15.0 Å². The molecule has 0 saturated heterocycles. The van der Waals surface area contributed by atoms with E-state index in [0.717, 1.165) is 5.56 Å². The highest BCUT2D eigenvalue weighted by Crippen LogP contribution is 2.19. The highest BCUT2D eigenvalue weighted by Gasteiger charge is 2.14. The van der Waals surface area contributed by atoms with Gasteiger partial charge in [0.1, 0.15) is 17.6 Å². The number of aliphatic carboxylic acids is 1. The Morgan fingerprint density at radius 1 is 1.39 bits per heavy atom. The molecule has 0 aliphatic carbocycles. The Bertz CT molecular complexity index is 548. The zero-order chi connectivity index (χ0) is 13.1. The summed E-state index contributed by atoms with van der Waals surface area (Å²) < 4.78 is 0. The van der Waals surface area contributed by atoms with Crippen molar-refractivity contribution in [3.63, 3.8) is 0 Å². The Morgan fingerprint density at radius 2 is 2.06 bits per heavy atom. The largest absolute Gasteiger partial charge is 0.508 e. The molecule has 1 unspecified atom stereocenters. The summed E-state index contributed by atoms with van der Waals surface area (Å²) in [6.45, 7) is 0. The summed E-state index contributed by atoms with van der Waals surface area (Å²) in [5, 5.41) is 17.9. The van der Waals surface area contributed by atoms with E-state index in [4.69, 9.17) is 10.8 Å². The second kappa shape index (κ2) is 4.89. The van der Waals surface area contributed by atoms with Crippen molar-refractivity contribution >= 4 is 5.97 Å². The third-order valence-electron chi connectivity index (χ3n) is 2.53. The second-order valence-corrected chi connectivity index (χ2v) is 3.95. The molecular weight excluding hydrogens is 234 g/mol. The summed E-state index contributed by atoms with van der Waals surface area (Å²) in [6.07, 6.45) is 1.76. The number of nitrogens with zero attached hydrogens (tertiary/aromatic N) is 1. The number of phenolic OH excluding ortho intramolecular Hbond substituents is 1. The zero-order valence-corrected chi connectivity index (χ0v) is 9.50. The van der Waals surface area contributed by atoms with E-state index in [2.05, 4.69) is 9.97 Å². The minimum atomic E-state index is -1.05. The van der Waals surface area contributed by atoms with Crippen LogP contribution in [-0.4, -0.2) is 32.2 Å². The predicted molar refractivity (Wildman–Crippen MR) is 65.0 cm³/mol. The minimum Gasteiger partial charge on any atom is -0.508 e. The Morgan fingerprint density at radius 3 is 2.67 bits per heavy atom. The fourth-order valence-corrected chi connectivity index (χ4v) is 1.55. The molecular formula is C12H13N3O3. The lowest BCUT2D eigenvalue weighted by Gasteiger charge is -2.03. The number of nitrogens with two attached hydrogens (primary N) is 1. The summed E-state index contributed by atoms with van der Waals surface area (Å²) in [4.78, 5) is 17.8. The van der Waals surface area contributed by atoms with Gasteiger partial charge in [-0.2, -0.15) is 0 Å². The molecule has 0 bridgehead atoms. The summed E-state index contributed by atoms with van der Waals surface area (Å²) in [6, 6.07) is 5.60. The Hall–Kier alpha value is -2.34. The molecule has 0 fully saturated rings. The number of hydrogen-bond acceptors (Lipinski definition) is 4. The average molecular weight is 247 g/mol. The quantitative estimate of drug-likeness (QED) is 0.636. The van der Waals surface area contributed by atoms with Crippen molar-refractivity contribution in [3.8, 4) is 17.1 Å². The highest BCUT2D eigenvalue weighted by atomic mass is 16.4. The van der Waals surface area contributed by atoms with Gasteiger partial charge >= 0.3 is 5.97 Å². The molecule has 5 N–H and O–H groups in total. The predicted octanol–water partition coefficient (Wildman–Crippen LogP) is 0.737. The van der Waals surface area contributed by atoms with E-state index in [9.17, 15) is 9.90 Å². The summed E-state index contributed by atoms with van der Waals surface area (Å²) in [5.41, 5.74) is 6.90. The minimum absolute atomic E-state index is 0.179. The topological polar surface area (TPSA) is 112 Å². The molecule has 1 heterocycles. The Balaban J connectivity index is 2.15. The van der Waals surface area contributed by atoms with Crippen molar-refractivity contribution in [1.29, 1.82) is 0 Å². The van der Waals surface area contributed by atoms with Crippen LogP contribution in [0.3, 0.4) is 0 Å². The first-order valence-electron chi connectivity index (χ1n) is 5.38.